The summed E-state index contributed by atoms with van der Waals surface area (Å²) in [6.07, 6.45) is 5.42. The zero-order valence-corrected chi connectivity index (χ0v) is 14.1. The lowest BCUT2D eigenvalue weighted by Crippen LogP contribution is -2.46. The van der Waals surface area contributed by atoms with Gasteiger partial charge in [-0.2, -0.15) is 0 Å². The SMILES string of the molecule is CCCN(CC)CC1CC(C(C)(C)C)CCC1NC. The Balaban J connectivity index is 2.64. The van der Waals surface area contributed by atoms with Gasteiger partial charge in [-0.3, -0.25) is 0 Å². The van der Waals surface area contributed by atoms with Gasteiger partial charge in [0.1, 0.15) is 0 Å². The van der Waals surface area contributed by atoms with Crippen LogP contribution in [-0.2, 0) is 0 Å². The van der Waals surface area contributed by atoms with Crippen LogP contribution >= 0.6 is 0 Å². The molecule has 0 aromatic carbocycles. The van der Waals surface area contributed by atoms with Crippen LogP contribution in [0.5, 0.6) is 0 Å². The first-order chi connectivity index (χ1) is 8.92. The maximum atomic E-state index is 3.57. The molecule has 0 heterocycles. The van der Waals surface area contributed by atoms with Crippen molar-refractivity contribution in [1.82, 2.24) is 10.2 Å². The van der Waals surface area contributed by atoms with Crippen molar-refractivity contribution >= 4 is 0 Å². The van der Waals surface area contributed by atoms with E-state index in [2.05, 4.69) is 51.9 Å². The molecule has 2 heteroatoms. The molecule has 0 bridgehead atoms. The number of hydrogen-bond acceptors (Lipinski definition) is 2. The fourth-order valence-corrected chi connectivity index (χ4v) is 3.66. The van der Waals surface area contributed by atoms with Crippen molar-refractivity contribution in [2.45, 2.75) is 66.3 Å². The number of nitrogens with zero attached hydrogens (tertiary/aromatic N) is 1. The Bertz CT molecular complexity index is 244. The van der Waals surface area contributed by atoms with Crippen LogP contribution in [0, 0.1) is 17.3 Å². The molecule has 1 aliphatic carbocycles. The van der Waals surface area contributed by atoms with Crippen molar-refractivity contribution in [2.75, 3.05) is 26.7 Å². The van der Waals surface area contributed by atoms with Gasteiger partial charge in [-0.1, -0.05) is 34.6 Å². The average Bonchev–Trinajstić information content (AvgIpc) is 2.37. The number of nitrogens with one attached hydrogen (secondary N) is 1. The molecule has 1 N–H and O–H groups in total. The van der Waals surface area contributed by atoms with Crippen molar-refractivity contribution in [2.24, 2.45) is 17.3 Å². The third-order valence-corrected chi connectivity index (χ3v) is 5.06. The molecule has 3 atom stereocenters. The van der Waals surface area contributed by atoms with E-state index in [4.69, 9.17) is 0 Å². The molecule has 19 heavy (non-hydrogen) atoms. The van der Waals surface area contributed by atoms with Gasteiger partial charge in [0.05, 0.1) is 0 Å². The van der Waals surface area contributed by atoms with Crippen LogP contribution in [0.15, 0.2) is 0 Å². The van der Waals surface area contributed by atoms with Crippen LogP contribution in [0.1, 0.15) is 60.3 Å². The van der Waals surface area contributed by atoms with E-state index in [0.717, 1.165) is 17.9 Å². The Morgan fingerprint density at radius 1 is 1.16 bits per heavy atom. The third-order valence-electron chi connectivity index (χ3n) is 5.06. The van der Waals surface area contributed by atoms with E-state index in [9.17, 15) is 0 Å². The predicted molar refractivity (Wildman–Crippen MR) is 85.5 cm³/mol. The maximum absolute atomic E-state index is 3.57. The molecule has 0 aliphatic heterocycles. The second-order valence-corrected chi connectivity index (χ2v) is 7.42. The molecule has 3 unspecified atom stereocenters. The van der Waals surface area contributed by atoms with Crippen LogP contribution in [0.25, 0.3) is 0 Å². The summed E-state index contributed by atoms with van der Waals surface area (Å²) in [5.74, 6) is 1.72. The Kier molecular flexibility index (Phi) is 6.82. The van der Waals surface area contributed by atoms with Crippen molar-refractivity contribution < 1.29 is 0 Å². The summed E-state index contributed by atoms with van der Waals surface area (Å²) in [5, 5.41) is 3.57. The highest BCUT2D eigenvalue weighted by atomic mass is 15.1. The molecular formula is C17H36N2. The Labute approximate surface area is 121 Å². The summed E-state index contributed by atoms with van der Waals surface area (Å²) in [7, 11) is 2.14. The normalized spacial score (nSPS) is 28.9. The zero-order chi connectivity index (χ0) is 14.5. The molecule has 1 fully saturated rings. The minimum atomic E-state index is 0.471. The highest BCUT2D eigenvalue weighted by Crippen LogP contribution is 2.40. The lowest BCUT2D eigenvalue weighted by molar-refractivity contribution is 0.0910. The quantitative estimate of drug-likeness (QED) is 0.789. The van der Waals surface area contributed by atoms with Gasteiger partial charge in [-0.15, -0.1) is 0 Å². The molecule has 0 saturated heterocycles. The molecular weight excluding hydrogens is 232 g/mol. The van der Waals surface area contributed by atoms with E-state index in [1.165, 1.54) is 45.3 Å². The van der Waals surface area contributed by atoms with E-state index < -0.39 is 0 Å². The van der Waals surface area contributed by atoms with Gasteiger partial charge in [0, 0.05) is 12.6 Å². The van der Waals surface area contributed by atoms with E-state index in [1.54, 1.807) is 0 Å². The van der Waals surface area contributed by atoms with Crippen molar-refractivity contribution in [3.05, 3.63) is 0 Å². The van der Waals surface area contributed by atoms with E-state index in [-0.39, 0.29) is 0 Å². The third kappa shape index (κ3) is 5.07. The summed E-state index contributed by atoms with van der Waals surface area (Å²) in [4.78, 5) is 2.64. The summed E-state index contributed by atoms with van der Waals surface area (Å²) in [5.41, 5.74) is 0.471. The first-order valence-electron chi connectivity index (χ1n) is 8.31. The molecule has 1 aliphatic rings. The van der Waals surface area contributed by atoms with Crippen molar-refractivity contribution in [3.8, 4) is 0 Å². The molecule has 0 aromatic heterocycles. The number of rotatable bonds is 6. The lowest BCUT2D eigenvalue weighted by Gasteiger charge is -2.43. The van der Waals surface area contributed by atoms with Crippen molar-refractivity contribution in [1.29, 1.82) is 0 Å². The van der Waals surface area contributed by atoms with Gasteiger partial charge in [0.2, 0.25) is 0 Å². The zero-order valence-electron chi connectivity index (χ0n) is 14.1. The highest BCUT2D eigenvalue weighted by Gasteiger charge is 2.35. The average molecular weight is 268 g/mol. The maximum Gasteiger partial charge on any atom is 0.0105 e. The summed E-state index contributed by atoms with van der Waals surface area (Å²) in [6, 6.07) is 0.726. The fourth-order valence-electron chi connectivity index (χ4n) is 3.66. The van der Waals surface area contributed by atoms with Crippen LogP contribution < -0.4 is 5.32 Å². The van der Waals surface area contributed by atoms with Gasteiger partial charge in [0.25, 0.3) is 0 Å². The summed E-state index contributed by atoms with van der Waals surface area (Å²) < 4.78 is 0. The van der Waals surface area contributed by atoms with E-state index in [1.807, 2.05) is 0 Å². The van der Waals surface area contributed by atoms with Crippen LogP contribution in [-0.4, -0.2) is 37.6 Å². The Morgan fingerprint density at radius 2 is 1.84 bits per heavy atom. The van der Waals surface area contributed by atoms with Crippen LogP contribution in [0.3, 0.4) is 0 Å². The first-order valence-corrected chi connectivity index (χ1v) is 8.31. The van der Waals surface area contributed by atoms with Gasteiger partial charge in [0.15, 0.2) is 0 Å². The van der Waals surface area contributed by atoms with Crippen LogP contribution in [0.4, 0.5) is 0 Å². The molecule has 1 saturated carbocycles. The molecule has 2 nitrogen and oxygen atoms in total. The molecule has 0 spiro atoms. The first kappa shape index (κ1) is 17.0. The Morgan fingerprint density at radius 3 is 2.32 bits per heavy atom. The molecule has 0 aromatic rings. The van der Waals surface area contributed by atoms with Gasteiger partial charge in [-0.05, 0) is 63.1 Å². The second kappa shape index (κ2) is 7.64. The second-order valence-electron chi connectivity index (χ2n) is 7.42. The number of hydrogen-bond donors (Lipinski definition) is 1. The predicted octanol–water partition coefficient (Wildman–Crippen LogP) is 3.77. The molecule has 114 valence electrons. The molecule has 0 amide bonds. The molecule has 0 radical (unpaired) electrons. The highest BCUT2D eigenvalue weighted by molar-refractivity contribution is 4.89. The Hall–Kier alpha value is -0.0800. The standard InChI is InChI=1S/C17H36N2/c1-7-11-19(8-2)13-14-12-15(17(3,4)5)9-10-16(14)18-6/h14-16,18H,7-13H2,1-6H3. The van der Waals surface area contributed by atoms with Crippen molar-refractivity contribution in [3.63, 3.8) is 0 Å². The summed E-state index contributed by atoms with van der Waals surface area (Å²) >= 11 is 0. The van der Waals surface area contributed by atoms with E-state index in [0.29, 0.717) is 5.41 Å². The topological polar surface area (TPSA) is 15.3 Å². The van der Waals surface area contributed by atoms with Crippen LogP contribution in [0.2, 0.25) is 0 Å². The lowest BCUT2D eigenvalue weighted by atomic mass is 9.67. The smallest absolute Gasteiger partial charge is 0.0105 e. The minimum absolute atomic E-state index is 0.471. The van der Waals surface area contributed by atoms with Gasteiger partial charge in [-0.25, -0.2) is 0 Å². The fraction of sp³-hybridized carbons (Fsp3) is 1.00. The van der Waals surface area contributed by atoms with Gasteiger partial charge >= 0.3 is 0 Å². The van der Waals surface area contributed by atoms with Gasteiger partial charge < -0.3 is 10.2 Å². The minimum Gasteiger partial charge on any atom is -0.317 e. The summed E-state index contributed by atoms with van der Waals surface area (Å²) in [6.45, 7) is 15.6. The monoisotopic (exact) mass is 268 g/mol. The molecule has 1 rings (SSSR count). The van der Waals surface area contributed by atoms with E-state index >= 15 is 0 Å². The largest absolute Gasteiger partial charge is 0.317 e.